The van der Waals surface area contributed by atoms with Gasteiger partial charge < -0.3 is 14.1 Å². The Kier molecular flexibility index (Phi) is 6.02. The molecule has 5 aromatic rings. The molecule has 0 spiro atoms. The van der Waals surface area contributed by atoms with E-state index in [9.17, 15) is 10.1 Å². The van der Waals surface area contributed by atoms with Crippen molar-refractivity contribution in [3.63, 3.8) is 0 Å². The van der Waals surface area contributed by atoms with Crippen LogP contribution < -0.4 is 4.74 Å². The van der Waals surface area contributed by atoms with Gasteiger partial charge in [0, 0.05) is 30.3 Å². The van der Waals surface area contributed by atoms with Crippen LogP contribution in [0.15, 0.2) is 71.6 Å². The fourth-order valence-corrected chi connectivity index (χ4v) is 3.71. The number of aromatic nitrogens is 5. The summed E-state index contributed by atoms with van der Waals surface area (Å²) in [6.07, 6.45) is 8.22. The molecule has 3 heterocycles. The number of hydrogen-bond acceptors (Lipinski definition) is 7. The van der Waals surface area contributed by atoms with Gasteiger partial charge in [0.05, 0.1) is 16.6 Å². The highest BCUT2D eigenvalue weighted by Crippen LogP contribution is 2.27. The molecule has 0 radical (unpaired) electrons. The third kappa shape index (κ3) is 4.96. The van der Waals surface area contributed by atoms with Gasteiger partial charge in [-0.2, -0.15) is 0 Å². The minimum atomic E-state index is -0.423. The van der Waals surface area contributed by atoms with Crippen LogP contribution >= 0.6 is 0 Å². The molecular weight excluding hydrogens is 436 g/mol. The van der Waals surface area contributed by atoms with Crippen molar-refractivity contribution in [2.24, 2.45) is 0 Å². The van der Waals surface area contributed by atoms with Crippen molar-refractivity contribution in [3.8, 4) is 17.3 Å². The topological polar surface area (TPSA) is 125 Å². The smallest absolute Gasteiger partial charge is 0.271 e. The van der Waals surface area contributed by atoms with E-state index in [1.54, 1.807) is 18.5 Å². The monoisotopic (exact) mass is 458 g/mol. The molecule has 10 nitrogen and oxygen atoms in total. The summed E-state index contributed by atoms with van der Waals surface area (Å²) in [6, 6.07) is 14.6. The number of rotatable bonds is 10. The Bertz CT molecular complexity index is 1390. The molecule has 3 aromatic heterocycles. The van der Waals surface area contributed by atoms with Gasteiger partial charge in [-0.25, -0.2) is 4.98 Å². The Morgan fingerprint density at radius 3 is 2.79 bits per heavy atom. The molecule has 34 heavy (non-hydrogen) atoms. The van der Waals surface area contributed by atoms with Gasteiger partial charge in [0.15, 0.2) is 0 Å². The van der Waals surface area contributed by atoms with E-state index in [-0.39, 0.29) is 12.3 Å². The number of nitrogens with one attached hydrogen (secondary N) is 1. The minimum Gasteiger partial charge on any atom is -0.487 e. The van der Waals surface area contributed by atoms with E-state index < -0.39 is 4.92 Å². The Morgan fingerprint density at radius 2 is 2.00 bits per heavy atom. The van der Waals surface area contributed by atoms with Crippen molar-refractivity contribution in [1.82, 2.24) is 25.0 Å². The average Bonchev–Trinajstić information content (AvgIpc) is 3.61. The normalized spacial score (nSPS) is 11.2. The second-order valence-corrected chi connectivity index (χ2v) is 7.91. The van der Waals surface area contributed by atoms with Gasteiger partial charge in [0.25, 0.3) is 5.69 Å². The number of fused-ring (bicyclic) bond motifs is 1. The van der Waals surface area contributed by atoms with Crippen molar-refractivity contribution < 1.29 is 14.1 Å². The number of aromatic amines is 1. The molecular formula is C24H22N6O4. The van der Waals surface area contributed by atoms with E-state index in [0.717, 1.165) is 36.9 Å². The molecule has 0 aliphatic carbocycles. The van der Waals surface area contributed by atoms with E-state index in [2.05, 4.69) is 32.4 Å². The first-order chi connectivity index (χ1) is 16.6. The van der Waals surface area contributed by atoms with E-state index in [0.29, 0.717) is 22.8 Å². The number of benzene rings is 2. The number of nitro benzene ring substituents is 1. The number of ether oxygens (including phenoxy) is 1. The number of unbranched alkanes of at least 4 members (excludes halogenated alkanes) is 1. The summed E-state index contributed by atoms with van der Waals surface area (Å²) in [5.41, 5.74) is 3.24. The molecule has 2 aromatic carbocycles. The van der Waals surface area contributed by atoms with Gasteiger partial charge in [0.1, 0.15) is 30.0 Å². The zero-order valence-corrected chi connectivity index (χ0v) is 18.3. The Balaban J connectivity index is 1.14. The molecule has 172 valence electrons. The molecule has 10 heteroatoms. The standard InChI is InChI=1S/C24H22N6O4/c31-30(32)20-7-6-18-13-23(27-22(18)14-20)24-26-19(16-34-24)15-33-21-8-4-17(5-9-21)3-1-2-11-29-12-10-25-28-29/h4-10,12-14,16,27H,1-3,11,15H2. The molecule has 0 unspecified atom stereocenters. The first-order valence-electron chi connectivity index (χ1n) is 10.9. The van der Waals surface area contributed by atoms with Crippen LogP contribution in [-0.4, -0.2) is 29.9 Å². The highest BCUT2D eigenvalue weighted by molar-refractivity contribution is 5.86. The van der Waals surface area contributed by atoms with Gasteiger partial charge in [-0.05, 0) is 49.1 Å². The maximum Gasteiger partial charge on any atom is 0.271 e. The van der Waals surface area contributed by atoms with Crippen LogP contribution in [-0.2, 0) is 19.6 Å². The molecule has 1 N–H and O–H groups in total. The van der Waals surface area contributed by atoms with Crippen LogP contribution in [0.25, 0.3) is 22.5 Å². The summed E-state index contributed by atoms with van der Waals surface area (Å²) >= 11 is 0. The molecule has 0 aliphatic heterocycles. The summed E-state index contributed by atoms with van der Waals surface area (Å²) in [5, 5.41) is 19.6. The molecule has 0 saturated carbocycles. The average molecular weight is 458 g/mol. The molecule has 0 amide bonds. The third-order valence-corrected chi connectivity index (χ3v) is 5.48. The summed E-state index contributed by atoms with van der Waals surface area (Å²) in [7, 11) is 0. The van der Waals surface area contributed by atoms with Crippen LogP contribution in [0.2, 0.25) is 0 Å². The highest BCUT2D eigenvalue weighted by atomic mass is 16.6. The summed E-state index contributed by atoms with van der Waals surface area (Å²) in [4.78, 5) is 18.1. The number of H-pyrrole nitrogens is 1. The first kappa shape index (κ1) is 21.4. The molecule has 0 saturated heterocycles. The summed E-state index contributed by atoms with van der Waals surface area (Å²) < 4.78 is 13.3. The zero-order valence-electron chi connectivity index (χ0n) is 18.3. The van der Waals surface area contributed by atoms with Gasteiger partial charge in [-0.15, -0.1) is 5.10 Å². The largest absolute Gasteiger partial charge is 0.487 e. The maximum absolute atomic E-state index is 11.0. The number of hydrogen-bond donors (Lipinski definition) is 1. The molecule has 0 aliphatic rings. The lowest BCUT2D eigenvalue weighted by Crippen LogP contribution is -1.99. The van der Waals surface area contributed by atoms with Crippen molar-refractivity contribution in [3.05, 3.63) is 88.6 Å². The Morgan fingerprint density at radius 1 is 1.12 bits per heavy atom. The fraction of sp³-hybridized carbons (Fsp3) is 0.208. The van der Waals surface area contributed by atoms with Crippen LogP contribution in [0.3, 0.4) is 0 Å². The second-order valence-electron chi connectivity index (χ2n) is 7.91. The fourth-order valence-electron chi connectivity index (χ4n) is 3.71. The van der Waals surface area contributed by atoms with Crippen LogP contribution in [0.5, 0.6) is 5.75 Å². The SMILES string of the molecule is O=[N+]([O-])c1ccc2cc(-c3nc(COc4ccc(CCCCn5ccnn5)cc4)co3)[nH]c2c1. The van der Waals surface area contributed by atoms with Gasteiger partial charge >= 0.3 is 0 Å². The minimum absolute atomic E-state index is 0.0280. The molecule has 0 atom stereocenters. The Hall–Kier alpha value is -4.47. The van der Waals surface area contributed by atoms with Crippen LogP contribution in [0, 0.1) is 10.1 Å². The van der Waals surface area contributed by atoms with Gasteiger partial charge in [-0.1, -0.05) is 17.3 Å². The third-order valence-electron chi connectivity index (χ3n) is 5.48. The van der Waals surface area contributed by atoms with Crippen LogP contribution in [0.4, 0.5) is 5.69 Å². The van der Waals surface area contributed by atoms with Gasteiger partial charge in [0.2, 0.25) is 5.89 Å². The molecule has 5 rings (SSSR count). The maximum atomic E-state index is 11.0. The quantitative estimate of drug-likeness (QED) is 0.179. The van der Waals surface area contributed by atoms with Crippen molar-refractivity contribution in [1.29, 1.82) is 0 Å². The second kappa shape index (κ2) is 9.57. The number of non-ortho nitro benzene ring substituents is 1. The highest BCUT2D eigenvalue weighted by Gasteiger charge is 2.13. The van der Waals surface area contributed by atoms with E-state index in [1.165, 1.54) is 17.7 Å². The predicted molar refractivity (Wildman–Crippen MR) is 124 cm³/mol. The number of oxazole rings is 1. The molecule has 0 fully saturated rings. The number of nitrogens with zero attached hydrogens (tertiary/aromatic N) is 5. The van der Waals surface area contributed by atoms with Crippen molar-refractivity contribution >= 4 is 16.6 Å². The van der Waals surface area contributed by atoms with Crippen molar-refractivity contribution in [2.45, 2.75) is 32.4 Å². The summed E-state index contributed by atoms with van der Waals surface area (Å²) in [6.45, 7) is 1.14. The number of nitro groups is 1. The Labute approximate surface area is 194 Å². The van der Waals surface area contributed by atoms with Crippen molar-refractivity contribution in [2.75, 3.05) is 0 Å². The summed E-state index contributed by atoms with van der Waals surface area (Å²) in [5.74, 6) is 1.16. The lowest BCUT2D eigenvalue weighted by molar-refractivity contribution is -0.384. The van der Waals surface area contributed by atoms with Crippen LogP contribution in [0.1, 0.15) is 24.1 Å². The lowest BCUT2D eigenvalue weighted by Gasteiger charge is -2.06. The molecule has 0 bridgehead atoms. The van der Waals surface area contributed by atoms with E-state index >= 15 is 0 Å². The zero-order chi connectivity index (χ0) is 23.3. The predicted octanol–water partition coefficient (Wildman–Crippen LogP) is 4.92. The first-order valence-corrected chi connectivity index (χ1v) is 10.9. The lowest BCUT2D eigenvalue weighted by atomic mass is 10.1. The van der Waals surface area contributed by atoms with Gasteiger partial charge in [-0.3, -0.25) is 14.8 Å². The van der Waals surface area contributed by atoms with E-state index in [1.807, 2.05) is 29.1 Å². The van der Waals surface area contributed by atoms with E-state index in [4.69, 9.17) is 9.15 Å². The number of aryl methyl sites for hydroxylation is 2.